The molecule has 0 bridgehead atoms. The molecule has 0 amide bonds. The highest BCUT2D eigenvalue weighted by Gasteiger charge is 2.35. The molecular formula is C14H15ClF3N3. The summed E-state index contributed by atoms with van der Waals surface area (Å²) < 4.78 is 40.9. The maximum atomic E-state index is 13.2. The highest BCUT2D eigenvalue weighted by molar-refractivity contribution is 6.32. The van der Waals surface area contributed by atoms with Gasteiger partial charge in [0.15, 0.2) is 0 Å². The van der Waals surface area contributed by atoms with Crippen LogP contribution >= 0.6 is 11.6 Å². The molecule has 0 aliphatic heterocycles. The van der Waals surface area contributed by atoms with Crippen LogP contribution in [0.5, 0.6) is 0 Å². The Morgan fingerprint density at radius 3 is 2.52 bits per heavy atom. The van der Waals surface area contributed by atoms with Gasteiger partial charge in [0.1, 0.15) is 0 Å². The molecule has 1 aromatic carbocycles. The second-order valence-corrected chi connectivity index (χ2v) is 5.50. The topological polar surface area (TPSA) is 43.8 Å². The first-order chi connectivity index (χ1) is 9.73. The minimum Gasteiger partial charge on any atom is -0.322 e. The lowest BCUT2D eigenvalue weighted by Crippen LogP contribution is -2.21. The van der Waals surface area contributed by atoms with Crippen LogP contribution in [0.3, 0.4) is 0 Å². The molecule has 1 aromatic heterocycles. The number of imidazole rings is 1. The van der Waals surface area contributed by atoms with Crippen molar-refractivity contribution in [3.63, 3.8) is 0 Å². The lowest BCUT2D eigenvalue weighted by molar-refractivity contribution is -0.137. The summed E-state index contributed by atoms with van der Waals surface area (Å²) >= 11 is 5.99. The van der Waals surface area contributed by atoms with Crippen molar-refractivity contribution in [3.8, 4) is 5.69 Å². The third-order valence-corrected chi connectivity index (χ3v) is 3.56. The van der Waals surface area contributed by atoms with Gasteiger partial charge in [-0.25, -0.2) is 4.98 Å². The Bertz CT molecular complexity index is 635. The fraction of sp³-hybridized carbons (Fsp3) is 0.357. The Labute approximate surface area is 125 Å². The fourth-order valence-electron chi connectivity index (χ4n) is 2.07. The van der Waals surface area contributed by atoms with Crippen LogP contribution in [-0.4, -0.2) is 9.55 Å². The first-order valence-corrected chi connectivity index (χ1v) is 6.75. The number of hydrogen-bond donors (Lipinski definition) is 1. The molecule has 0 aliphatic rings. The van der Waals surface area contributed by atoms with E-state index in [4.69, 9.17) is 17.3 Å². The van der Waals surface area contributed by atoms with E-state index < -0.39 is 17.8 Å². The van der Waals surface area contributed by atoms with Gasteiger partial charge in [-0.1, -0.05) is 31.5 Å². The highest BCUT2D eigenvalue weighted by Crippen LogP contribution is 2.38. The summed E-state index contributed by atoms with van der Waals surface area (Å²) in [5, 5.41) is 0.0000288. The molecule has 7 heteroatoms. The van der Waals surface area contributed by atoms with E-state index in [1.165, 1.54) is 29.2 Å². The number of benzene rings is 1. The molecule has 0 saturated carbocycles. The largest absolute Gasteiger partial charge is 0.418 e. The zero-order valence-electron chi connectivity index (χ0n) is 11.5. The zero-order chi connectivity index (χ0) is 15.8. The van der Waals surface area contributed by atoms with Crippen molar-refractivity contribution in [3.05, 3.63) is 47.0 Å². The molecule has 0 spiro atoms. The van der Waals surface area contributed by atoms with Crippen molar-refractivity contribution in [2.45, 2.75) is 26.1 Å². The van der Waals surface area contributed by atoms with Crippen LogP contribution in [0.15, 0.2) is 30.7 Å². The molecule has 1 atom stereocenters. The molecule has 0 fully saturated rings. The molecular weight excluding hydrogens is 303 g/mol. The molecule has 2 rings (SSSR count). The average molecular weight is 318 g/mol. The van der Waals surface area contributed by atoms with E-state index in [-0.39, 0.29) is 16.6 Å². The maximum absolute atomic E-state index is 13.2. The number of hydrogen-bond acceptors (Lipinski definition) is 2. The number of alkyl halides is 3. The minimum absolute atomic E-state index is 0.0000288. The number of nitrogens with two attached hydrogens (primary N) is 1. The van der Waals surface area contributed by atoms with Crippen LogP contribution in [0, 0.1) is 5.92 Å². The van der Waals surface area contributed by atoms with Crippen molar-refractivity contribution in [2.24, 2.45) is 11.7 Å². The van der Waals surface area contributed by atoms with E-state index in [0.717, 1.165) is 6.07 Å². The molecule has 0 aliphatic carbocycles. The SMILES string of the molecule is CC(C)C(N)c1cncn1-c1c(Cl)cccc1C(F)(F)F. The number of rotatable bonds is 3. The Hall–Kier alpha value is -1.53. The summed E-state index contributed by atoms with van der Waals surface area (Å²) in [5.74, 6) is 0.0530. The Morgan fingerprint density at radius 2 is 1.95 bits per heavy atom. The molecule has 2 N–H and O–H groups in total. The lowest BCUT2D eigenvalue weighted by atomic mass is 10.0. The van der Waals surface area contributed by atoms with Crippen molar-refractivity contribution in [1.82, 2.24) is 9.55 Å². The molecule has 3 nitrogen and oxygen atoms in total. The third-order valence-electron chi connectivity index (χ3n) is 3.26. The van der Waals surface area contributed by atoms with Gasteiger partial charge < -0.3 is 5.73 Å². The molecule has 2 aromatic rings. The van der Waals surface area contributed by atoms with Gasteiger partial charge in [-0.3, -0.25) is 4.57 Å². The number of aromatic nitrogens is 2. The van der Waals surface area contributed by atoms with Crippen LogP contribution in [0.2, 0.25) is 5.02 Å². The van der Waals surface area contributed by atoms with E-state index in [0.29, 0.717) is 5.69 Å². The predicted octanol–water partition coefficient (Wildman–Crippen LogP) is 4.20. The van der Waals surface area contributed by atoms with E-state index in [1.807, 2.05) is 13.8 Å². The van der Waals surface area contributed by atoms with E-state index >= 15 is 0 Å². The molecule has 21 heavy (non-hydrogen) atoms. The molecule has 0 radical (unpaired) electrons. The summed E-state index contributed by atoms with van der Waals surface area (Å²) in [4.78, 5) is 3.92. The lowest BCUT2D eigenvalue weighted by Gasteiger charge is -2.21. The van der Waals surface area contributed by atoms with Gasteiger partial charge in [-0.15, -0.1) is 0 Å². The summed E-state index contributed by atoms with van der Waals surface area (Å²) in [6.45, 7) is 3.78. The number of halogens is 4. The first-order valence-electron chi connectivity index (χ1n) is 6.37. The maximum Gasteiger partial charge on any atom is 0.418 e. The minimum atomic E-state index is -4.51. The Morgan fingerprint density at radius 1 is 1.29 bits per heavy atom. The fourth-order valence-corrected chi connectivity index (χ4v) is 2.33. The normalized spacial score (nSPS) is 13.7. The van der Waals surface area contributed by atoms with E-state index in [1.54, 1.807) is 0 Å². The van der Waals surface area contributed by atoms with Gasteiger partial charge in [0.25, 0.3) is 0 Å². The molecule has 1 unspecified atom stereocenters. The van der Waals surface area contributed by atoms with Crippen molar-refractivity contribution >= 4 is 11.6 Å². The monoisotopic (exact) mass is 317 g/mol. The van der Waals surface area contributed by atoms with Crippen molar-refractivity contribution < 1.29 is 13.2 Å². The smallest absolute Gasteiger partial charge is 0.322 e. The van der Waals surface area contributed by atoms with Gasteiger partial charge in [0.05, 0.1) is 34.5 Å². The highest BCUT2D eigenvalue weighted by atomic mass is 35.5. The van der Waals surface area contributed by atoms with Crippen LogP contribution in [0.25, 0.3) is 5.69 Å². The molecule has 114 valence electrons. The van der Waals surface area contributed by atoms with E-state index in [9.17, 15) is 13.2 Å². The summed E-state index contributed by atoms with van der Waals surface area (Å²) in [6.07, 6.45) is -1.74. The predicted molar refractivity (Wildman–Crippen MR) is 75.3 cm³/mol. The van der Waals surface area contributed by atoms with Gasteiger partial charge in [0.2, 0.25) is 0 Å². The second kappa shape index (κ2) is 5.69. The van der Waals surface area contributed by atoms with Gasteiger partial charge in [0, 0.05) is 6.04 Å². The van der Waals surface area contributed by atoms with Crippen molar-refractivity contribution in [1.29, 1.82) is 0 Å². The van der Waals surface area contributed by atoms with Crippen LogP contribution < -0.4 is 5.73 Å². The Kier molecular flexibility index (Phi) is 4.30. The van der Waals surface area contributed by atoms with E-state index in [2.05, 4.69) is 4.98 Å². The second-order valence-electron chi connectivity index (χ2n) is 5.09. The van der Waals surface area contributed by atoms with Crippen molar-refractivity contribution in [2.75, 3.05) is 0 Å². The summed E-state index contributed by atoms with van der Waals surface area (Å²) in [7, 11) is 0. The number of nitrogens with zero attached hydrogens (tertiary/aromatic N) is 2. The van der Waals surface area contributed by atoms with Gasteiger partial charge in [-0.05, 0) is 18.1 Å². The first kappa shape index (κ1) is 15.9. The Balaban J connectivity index is 2.66. The molecule has 1 heterocycles. The van der Waals surface area contributed by atoms with Gasteiger partial charge in [-0.2, -0.15) is 13.2 Å². The van der Waals surface area contributed by atoms with Gasteiger partial charge >= 0.3 is 6.18 Å². The quantitative estimate of drug-likeness (QED) is 0.922. The molecule has 0 saturated heterocycles. The summed E-state index contributed by atoms with van der Waals surface area (Å²) in [6, 6.07) is 3.24. The van der Waals surface area contributed by atoms with Crippen LogP contribution in [0.4, 0.5) is 13.2 Å². The van der Waals surface area contributed by atoms with Crippen LogP contribution in [-0.2, 0) is 6.18 Å². The standard InChI is InChI=1S/C14H15ClF3N3/c1-8(2)12(19)11-6-20-7-21(11)13-9(14(16,17)18)4-3-5-10(13)15/h3-8,12H,19H2,1-2H3. The summed E-state index contributed by atoms with van der Waals surface area (Å²) in [5.41, 5.74) is 5.58. The zero-order valence-corrected chi connectivity index (χ0v) is 12.3. The number of para-hydroxylation sites is 1. The average Bonchev–Trinajstić information content (AvgIpc) is 2.85. The van der Waals surface area contributed by atoms with Crippen LogP contribution in [0.1, 0.15) is 31.1 Å². The third kappa shape index (κ3) is 3.06.